The van der Waals surface area contributed by atoms with Crippen molar-refractivity contribution in [3.63, 3.8) is 0 Å². The maximum atomic E-state index is 12.8. The van der Waals surface area contributed by atoms with Crippen LogP contribution < -0.4 is 10.0 Å². The molecule has 0 fully saturated rings. The number of anilines is 1. The normalized spacial score (nSPS) is 14.2. The Labute approximate surface area is 179 Å². The van der Waals surface area contributed by atoms with Crippen LogP contribution in [0.15, 0.2) is 23.1 Å². The van der Waals surface area contributed by atoms with Crippen LogP contribution in [0.5, 0.6) is 0 Å². The first-order valence-electron chi connectivity index (χ1n) is 9.21. The summed E-state index contributed by atoms with van der Waals surface area (Å²) in [4.78, 5) is 13.8. The van der Waals surface area contributed by atoms with Crippen molar-refractivity contribution in [2.75, 3.05) is 5.32 Å². The zero-order valence-electron chi connectivity index (χ0n) is 16.4. The summed E-state index contributed by atoms with van der Waals surface area (Å²) >= 11 is 7.52. The van der Waals surface area contributed by atoms with Gasteiger partial charge in [-0.15, -0.1) is 11.3 Å². The summed E-state index contributed by atoms with van der Waals surface area (Å²) in [6, 6.07) is 6.31. The molecule has 1 aliphatic carbocycles. The highest BCUT2D eigenvalue weighted by atomic mass is 35.5. The first-order chi connectivity index (χ1) is 13.5. The van der Waals surface area contributed by atoms with Gasteiger partial charge in [-0.05, 0) is 70.2 Å². The van der Waals surface area contributed by atoms with Gasteiger partial charge in [0.2, 0.25) is 10.0 Å². The van der Waals surface area contributed by atoms with Gasteiger partial charge in [0.25, 0.3) is 5.91 Å². The fourth-order valence-electron chi connectivity index (χ4n) is 3.26. The molecule has 3 rings (SSSR count). The van der Waals surface area contributed by atoms with Gasteiger partial charge in [0.15, 0.2) is 0 Å². The van der Waals surface area contributed by atoms with E-state index in [4.69, 9.17) is 11.6 Å². The van der Waals surface area contributed by atoms with E-state index in [-0.39, 0.29) is 15.5 Å². The topological polar surface area (TPSA) is 99.1 Å². The van der Waals surface area contributed by atoms with E-state index in [0.717, 1.165) is 36.1 Å². The predicted octanol–water partition coefficient (Wildman–Crippen LogP) is 4.48. The highest BCUT2D eigenvalue weighted by Crippen LogP contribution is 2.38. The number of nitriles is 1. The van der Waals surface area contributed by atoms with Crippen molar-refractivity contribution in [3.05, 3.63) is 44.8 Å². The molecule has 154 valence electrons. The van der Waals surface area contributed by atoms with Crippen LogP contribution in [0.25, 0.3) is 0 Å². The smallest absolute Gasteiger partial charge is 0.256 e. The minimum atomic E-state index is -3.90. The number of carbonyl (C=O) groups is 1. The van der Waals surface area contributed by atoms with Crippen molar-refractivity contribution >= 4 is 43.9 Å². The largest absolute Gasteiger partial charge is 0.312 e. The molecule has 2 N–H and O–H groups in total. The fraction of sp³-hybridized carbons (Fsp3) is 0.400. The van der Waals surface area contributed by atoms with Gasteiger partial charge in [-0.2, -0.15) is 5.26 Å². The number of benzene rings is 1. The van der Waals surface area contributed by atoms with Gasteiger partial charge in [-0.25, -0.2) is 13.1 Å². The van der Waals surface area contributed by atoms with Crippen molar-refractivity contribution < 1.29 is 13.2 Å². The molecule has 1 aliphatic rings. The summed E-state index contributed by atoms with van der Waals surface area (Å²) in [5.74, 6) is -0.482. The number of amides is 1. The second kappa shape index (κ2) is 8.07. The first kappa shape index (κ1) is 21.8. The zero-order valence-corrected chi connectivity index (χ0v) is 18.8. The van der Waals surface area contributed by atoms with Gasteiger partial charge in [0.1, 0.15) is 16.0 Å². The van der Waals surface area contributed by atoms with Gasteiger partial charge < -0.3 is 5.32 Å². The van der Waals surface area contributed by atoms with E-state index in [1.54, 1.807) is 20.8 Å². The standard InChI is InChI=1S/C20H22ClN3O3S2/c1-20(2,3)24-29(26,27)17-10-12(8-9-15(17)21)18(25)23-19-14(11-22)13-6-4-5-7-16(13)28-19/h8-10,24H,4-7H2,1-3H3,(H,23,25). The van der Waals surface area contributed by atoms with Crippen molar-refractivity contribution in [3.8, 4) is 6.07 Å². The Morgan fingerprint density at radius 1 is 1.24 bits per heavy atom. The zero-order chi connectivity index (χ0) is 21.4. The maximum absolute atomic E-state index is 12.8. The monoisotopic (exact) mass is 451 g/mol. The molecule has 0 unspecified atom stereocenters. The van der Waals surface area contributed by atoms with E-state index < -0.39 is 21.5 Å². The molecular formula is C20H22ClN3O3S2. The fourth-order valence-corrected chi connectivity index (χ4v) is 6.44. The third-order valence-corrected chi connectivity index (χ3v) is 7.88. The third-order valence-electron chi connectivity index (χ3n) is 4.43. The number of rotatable bonds is 4. The molecule has 0 bridgehead atoms. The summed E-state index contributed by atoms with van der Waals surface area (Å²) in [5, 5.41) is 12.9. The Balaban J connectivity index is 1.92. The van der Waals surface area contributed by atoms with Crippen LogP contribution in [0.3, 0.4) is 0 Å². The van der Waals surface area contributed by atoms with Gasteiger partial charge in [0, 0.05) is 16.0 Å². The molecular weight excluding hydrogens is 430 g/mol. The lowest BCUT2D eigenvalue weighted by Gasteiger charge is -2.21. The Morgan fingerprint density at radius 2 is 1.93 bits per heavy atom. The molecule has 6 nitrogen and oxygen atoms in total. The van der Waals surface area contributed by atoms with E-state index in [1.807, 2.05) is 0 Å². The number of sulfonamides is 1. The minimum Gasteiger partial charge on any atom is -0.312 e. The summed E-state index contributed by atoms with van der Waals surface area (Å²) in [6.45, 7) is 5.16. The lowest BCUT2D eigenvalue weighted by atomic mass is 9.96. The van der Waals surface area contributed by atoms with Crippen LogP contribution in [0.4, 0.5) is 5.00 Å². The summed E-state index contributed by atoms with van der Waals surface area (Å²) in [7, 11) is -3.90. The number of hydrogen-bond donors (Lipinski definition) is 2. The molecule has 0 saturated heterocycles. The Morgan fingerprint density at radius 3 is 2.59 bits per heavy atom. The van der Waals surface area contributed by atoms with Crippen LogP contribution in [-0.2, 0) is 22.9 Å². The molecule has 0 saturated carbocycles. The third kappa shape index (κ3) is 4.81. The van der Waals surface area contributed by atoms with Crippen molar-refractivity contribution in [1.82, 2.24) is 4.72 Å². The first-order valence-corrected chi connectivity index (χ1v) is 11.9. The molecule has 1 amide bonds. The minimum absolute atomic E-state index is 0.0302. The Bertz CT molecular complexity index is 1110. The van der Waals surface area contributed by atoms with Crippen LogP contribution >= 0.6 is 22.9 Å². The number of hydrogen-bond acceptors (Lipinski definition) is 5. The molecule has 1 aromatic heterocycles. The summed E-state index contributed by atoms with van der Waals surface area (Å²) in [6.07, 6.45) is 3.86. The van der Waals surface area contributed by atoms with E-state index in [1.165, 1.54) is 29.5 Å². The van der Waals surface area contributed by atoms with Gasteiger partial charge in [-0.3, -0.25) is 4.79 Å². The number of halogens is 1. The van der Waals surface area contributed by atoms with Crippen LogP contribution in [0, 0.1) is 11.3 Å². The van der Waals surface area contributed by atoms with E-state index in [2.05, 4.69) is 16.1 Å². The number of nitrogens with zero attached hydrogens (tertiary/aromatic N) is 1. The second-order valence-electron chi connectivity index (χ2n) is 7.98. The van der Waals surface area contributed by atoms with Crippen LogP contribution in [0.2, 0.25) is 5.02 Å². The van der Waals surface area contributed by atoms with E-state index in [9.17, 15) is 18.5 Å². The number of carbonyl (C=O) groups excluding carboxylic acids is 1. The second-order valence-corrected chi connectivity index (χ2v) is 11.1. The highest BCUT2D eigenvalue weighted by molar-refractivity contribution is 7.89. The van der Waals surface area contributed by atoms with Gasteiger partial charge >= 0.3 is 0 Å². The summed E-state index contributed by atoms with van der Waals surface area (Å²) in [5.41, 5.74) is 0.985. The van der Waals surface area contributed by atoms with Crippen LogP contribution in [-0.4, -0.2) is 19.9 Å². The molecule has 1 aromatic carbocycles. The Kier molecular flexibility index (Phi) is 6.06. The molecule has 2 aromatic rings. The average molecular weight is 452 g/mol. The quantitative estimate of drug-likeness (QED) is 0.715. The molecule has 0 aliphatic heterocycles. The number of nitrogens with one attached hydrogen (secondary N) is 2. The molecule has 1 heterocycles. The van der Waals surface area contributed by atoms with E-state index >= 15 is 0 Å². The predicted molar refractivity (Wildman–Crippen MR) is 115 cm³/mol. The summed E-state index contributed by atoms with van der Waals surface area (Å²) < 4.78 is 27.9. The lowest BCUT2D eigenvalue weighted by Crippen LogP contribution is -2.40. The molecule has 29 heavy (non-hydrogen) atoms. The highest BCUT2D eigenvalue weighted by Gasteiger charge is 2.26. The average Bonchev–Trinajstić information content (AvgIpc) is 2.96. The SMILES string of the molecule is CC(C)(C)NS(=O)(=O)c1cc(C(=O)Nc2sc3c(c2C#N)CCCC3)ccc1Cl. The number of thiophene rings is 1. The molecule has 0 atom stereocenters. The van der Waals surface area contributed by atoms with Gasteiger partial charge in [0.05, 0.1) is 10.6 Å². The van der Waals surface area contributed by atoms with Crippen molar-refractivity contribution in [1.29, 1.82) is 5.26 Å². The van der Waals surface area contributed by atoms with Crippen molar-refractivity contribution in [2.24, 2.45) is 0 Å². The van der Waals surface area contributed by atoms with Gasteiger partial charge in [-0.1, -0.05) is 11.6 Å². The molecule has 0 radical (unpaired) electrons. The van der Waals surface area contributed by atoms with Crippen molar-refractivity contribution in [2.45, 2.75) is 56.9 Å². The van der Waals surface area contributed by atoms with E-state index in [0.29, 0.717) is 10.6 Å². The van der Waals surface area contributed by atoms with Crippen LogP contribution in [0.1, 0.15) is 60.0 Å². The molecule has 9 heteroatoms. The maximum Gasteiger partial charge on any atom is 0.256 e. The molecule has 0 spiro atoms. The Hall–Kier alpha value is -1.92. The number of aryl methyl sites for hydroxylation is 1. The number of fused-ring (bicyclic) bond motifs is 1. The lowest BCUT2D eigenvalue weighted by molar-refractivity contribution is 0.102.